The van der Waals surface area contributed by atoms with Crippen molar-refractivity contribution in [3.8, 4) is 0 Å². The average Bonchev–Trinajstić information content (AvgIpc) is 2.56. The summed E-state index contributed by atoms with van der Waals surface area (Å²) in [7, 11) is 0. The number of aryl methyl sites for hydroxylation is 1. The Kier molecular flexibility index (Phi) is 3.90. The normalized spacial score (nSPS) is 20.6. The van der Waals surface area contributed by atoms with E-state index in [0.717, 1.165) is 30.6 Å². The molecule has 78 valence electrons. The van der Waals surface area contributed by atoms with Crippen LogP contribution in [0, 0.1) is 12.7 Å². The maximum atomic E-state index is 13.5. The second-order valence-electron chi connectivity index (χ2n) is 3.71. The summed E-state index contributed by atoms with van der Waals surface area (Å²) in [6, 6.07) is 5.52. The van der Waals surface area contributed by atoms with E-state index in [2.05, 4.69) is 5.32 Å². The van der Waals surface area contributed by atoms with E-state index >= 15 is 0 Å². The zero-order chi connectivity index (χ0) is 9.26. The second-order valence-corrected chi connectivity index (χ2v) is 3.71. The summed E-state index contributed by atoms with van der Waals surface area (Å²) in [6.07, 6.45) is 1.06. The summed E-state index contributed by atoms with van der Waals surface area (Å²) < 4.78 is 13.5. The molecule has 1 unspecified atom stereocenters. The van der Waals surface area contributed by atoms with Gasteiger partial charge in [-0.2, -0.15) is 0 Å². The molecule has 14 heavy (non-hydrogen) atoms. The lowest BCUT2D eigenvalue weighted by Gasteiger charge is -2.10. The van der Waals surface area contributed by atoms with Gasteiger partial charge in [0, 0.05) is 12.5 Å². The van der Waals surface area contributed by atoms with E-state index in [1.54, 1.807) is 6.07 Å². The van der Waals surface area contributed by atoms with Gasteiger partial charge in [0.25, 0.3) is 0 Å². The fourth-order valence-corrected chi connectivity index (χ4v) is 1.88. The number of hydrogen-bond acceptors (Lipinski definition) is 1. The van der Waals surface area contributed by atoms with Crippen LogP contribution >= 0.6 is 12.4 Å². The number of hydrogen-bond donors (Lipinski definition) is 1. The molecule has 0 radical (unpaired) electrons. The highest BCUT2D eigenvalue weighted by Gasteiger charge is 2.19. The monoisotopic (exact) mass is 215 g/mol. The van der Waals surface area contributed by atoms with Crippen LogP contribution in [0.3, 0.4) is 0 Å². The molecular weight excluding hydrogens is 201 g/mol. The van der Waals surface area contributed by atoms with E-state index in [-0.39, 0.29) is 18.2 Å². The Morgan fingerprint density at radius 1 is 1.43 bits per heavy atom. The minimum absolute atomic E-state index is 0. The van der Waals surface area contributed by atoms with Crippen molar-refractivity contribution in [3.63, 3.8) is 0 Å². The maximum Gasteiger partial charge on any atom is 0.126 e. The molecule has 0 aromatic heterocycles. The molecule has 0 saturated carbocycles. The highest BCUT2D eigenvalue weighted by molar-refractivity contribution is 5.85. The Balaban J connectivity index is 0.000000980. The fourth-order valence-electron chi connectivity index (χ4n) is 1.88. The quantitative estimate of drug-likeness (QED) is 0.760. The first-order valence-corrected chi connectivity index (χ1v) is 4.74. The first-order chi connectivity index (χ1) is 6.27. The van der Waals surface area contributed by atoms with Gasteiger partial charge in [-0.1, -0.05) is 12.1 Å². The van der Waals surface area contributed by atoms with Crippen LogP contribution in [0.4, 0.5) is 4.39 Å². The van der Waals surface area contributed by atoms with Crippen molar-refractivity contribution >= 4 is 12.4 Å². The SMILES string of the molecule is Cc1ccc(C2CCNC2)c(F)c1.Cl. The van der Waals surface area contributed by atoms with Gasteiger partial charge in [0.05, 0.1) is 0 Å². The van der Waals surface area contributed by atoms with Crippen LogP contribution in [0.15, 0.2) is 18.2 Å². The van der Waals surface area contributed by atoms with Gasteiger partial charge in [0.2, 0.25) is 0 Å². The molecule has 1 N–H and O–H groups in total. The largest absolute Gasteiger partial charge is 0.316 e. The van der Waals surface area contributed by atoms with E-state index in [0.29, 0.717) is 5.92 Å². The lowest BCUT2D eigenvalue weighted by Crippen LogP contribution is -2.08. The first kappa shape index (κ1) is 11.5. The van der Waals surface area contributed by atoms with Crippen LogP contribution < -0.4 is 5.32 Å². The molecule has 1 aromatic carbocycles. The van der Waals surface area contributed by atoms with Crippen molar-refractivity contribution in [3.05, 3.63) is 35.1 Å². The fraction of sp³-hybridized carbons (Fsp3) is 0.455. The zero-order valence-electron chi connectivity index (χ0n) is 8.22. The lowest BCUT2D eigenvalue weighted by atomic mass is 9.97. The molecule has 1 fully saturated rings. The van der Waals surface area contributed by atoms with Crippen molar-refractivity contribution < 1.29 is 4.39 Å². The Morgan fingerprint density at radius 2 is 2.21 bits per heavy atom. The van der Waals surface area contributed by atoms with Gasteiger partial charge in [-0.15, -0.1) is 12.4 Å². The van der Waals surface area contributed by atoms with E-state index < -0.39 is 0 Å². The molecular formula is C11H15ClFN. The average molecular weight is 216 g/mol. The summed E-state index contributed by atoms with van der Waals surface area (Å²) in [6.45, 7) is 3.84. The Bertz CT molecular complexity index is 308. The summed E-state index contributed by atoms with van der Waals surface area (Å²) >= 11 is 0. The molecule has 3 heteroatoms. The predicted octanol–water partition coefficient (Wildman–Crippen LogP) is 2.63. The van der Waals surface area contributed by atoms with Crippen molar-refractivity contribution in [2.45, 2.75) is 19.3 Å². The first-order valence-electron chi connectivity index (χ1n) is 4.74. The molecule has 1 saturated heterocycles. The summed E-state index contributed by atoms with van der Waals surface area (Å²) in [5.74, 6) is 0.328. The molecule has 0 aliphatic carbocycles. The van der Waals surface area contributed by atoms with E-state index in [4.69, 9.17) is 0 Å². The van der Waals surface area contributed by atoms with Gasteiger partial charge in [0.15, 0.2) is 0 Å². The predicted molar refractivity (Wildman–Crippen MR) is 58.6 cm³/mol. The molecule has 1 heterocycles. The molecule has 1 aliphatic heterocycles. The molecule has 0 spiro atoms. The van der Waals surface area contributed by atoms with Crippen molar-refractivity contribution in [2.75, 3.05) is 13.1 Å². The number of rotatable bonds is 1. The Morgan fingerprint density at radius 3 is 2.79 bits per heavy atom. The smallest absolute Gasteiger partial charge is 0.126 e. The minimum atomic E-state index is -0.0475. The van der Waals surface area contributed by atoms with Gasteiger partial charge >= 0.3 is 0 Å². The number of halogens is 2. The molecule has 1 aliphatic rings. The van der Waals surface area contributed by atoms with Crippen molar-refractivity contribution in [2.24, 2.45) is 0 Å². The van der Waals surface area contributed by atoms with Crippen LogP contribution in [0.1, 0.15) is 23.5 Å². The number of benzene rings is 1. The van der Waals surface area contributed by atoms with E-state index in [1.807, 2.05) is 19.1 Å². The van der Waals surface area contributed by atoms with Crippen LogP contribution in [0.5, 0.6) is 0 Å². The second kappa shape index (κ2) is 4.76. The van der Waals surface area contributed by atoms with Gasteiger partial charge in [-0.3, -0.25) is 0 Å². The van der Waals surface area contributed by atoms with E-state index in [1.165, 1.54) is 0 Å². The van der Waals surface area contributed by atoms with Gasteiger partial charge in [0.1, 0.15) is 5.82 Å². The molecule has 1 atom stereocenters. The van der Waals surface area contributed by atoms with Crippen LogP contribution in [-0.4, -0.2) is 13.1 Å². The van der Waals surface area contributed by atoms with Gasteiger partial charge in [-0.25, -0.2) is 4.39 Å². The third kappa shape index (κ3) is 2.25. The summed E-state index contributed by atoms with van der Waals surface area (Å²) in [5, 5.41) is 3.25. The topological polar surface area (TPSA) is 12.0 Å². The maximum absolute atomic E-state index is 13.5. The van der Waals surface area contributed by atoms with Crippen LogP contribution in [0.2, 0.25) is 0 Å². The summed E-state index contributed by atoms with van der Waals surface area (Å²) in [4.78, 5) is 0. The third-order valence-corrected chi connectivity index (χ3v) is 2.66. The Hall–Kier alpha value is -0.600. The van der Waals surface area contributed by atoms with Crippen LogP contribution in [-0.2, 0) is 0 Å². The molecule has 1 aromatic rings. The number of nitrogens with one attached hydrogen (secondary N) is 1. The minimum Gasteiger partial charge on any atom is -0.316 e. The standard InChI is InChI=1S/C11H14FN.ClH/c1-8-2-3-10(11(12)6-8)9-4-5-13-7-9;/h2-3,6,9,13H,4-5,7H2,1H3;1H. The highest BCUT2D eigenvalue weighted by atomic mass is 35.5. The highest BCUT2D eigenvalue weighted by Crippen LogP contribution is 2.25. The van der Waals surface area contributed by atoms with Crippen molar-refractivity contribution in [1.29, 1.82) is 0 Å². The van der Waals surface area contributed by atoms with Crippen LogP contribution in [0.25, 0.3) is 0 Å². The van der Waals surface area contributed by atoms with Gasteiger partial charge < -0.3 is 5.32 Å². The van der Waals surface area contributed by atoms with Crippen molar-refractivity contribution in [1.82, 2.24) is 5.32 Å². The molecule has 1 nitrogen and oxygen atoms in total. The zero-order valence-corrected chi connectivity index (χ0v) is 9.03. The van der Waals surface area contributed by atoms with Gasteiger partial charge in [-0.05, 0) is 37.1 Å². The molecule has 2 rings (SSSR count). The molecule has 0 bridgehead atoms. The molecule has 0 amide bonds. The summed E-state index contributed by atoms with van der Waals surface area (Å²) in [5.41, 5.74) is 1.86. The Labute approximate surface area is 90.1 Å². The van der Waals surface area contributed by atoms with E-state index in [9.17, 15) is 4.39 Å². The lowest BCUT2D eigenvalue weighted by molar-refractivity contribution is 0.587. The third-order valence-electron chi connectivity index (χ3n) is 2.66.